The molecule has 0 aromatic carbocycles. The fraction of sp³-hybridized carbons (Fsp3) is 0.538. The zero-order valence-electron chi connectivity index (χ0n) is 16.3. The third-order valence-electron chi connectivity index (χ3n) is 4.00. The van der Waals surface area contributed by atoms with E-state index in [1.807, 2.05) is 0 Å². The van der Waals surface area contributed by atoms with Crippen LogP contribution in [0.4, 0.5) is 0 Å². The lowest BCUT2D eigenvalue weighted by Crippen LogP contribution is -2.34. The van der Waals surface area contributed by atoms with Crippen molar-refractivity contribution < 1.29 is 51.2 Å². The molecule has 16 nitrogen and oxygen atoms in total. The van der Waals surface area contributed by atoms with Crippen LogP contribution in [0.5, 0.6) is 0 Å². The number of hydrogen-bond acceptors (Lipinski definition) is 10. The zero-order chi connectivity index (χ0) is 24.3. The van der Waals surface area contributed by atoms with E-state index in [0.717, 1.165) is 4.57 Å². The number of ether oxygens (including phenoxy) is 1. The van der Waals surface area contributed by atoms with E-state index in [2.05, 4.69) is 30.1 Å². The molecule has 1 aliphatic rings. The predicted molar refractivity (Wildman–Crippen MR) is 105 cm³/mol. The van der Waals surface area contributed by atoms with Crippen LogP contribution in [0.15, 0.2) is 15.8 Å². The van der Waals surface area contributed by atoms with E-state index >= 15 is 0 Å². The van der Waals surface area contributed by atoms with Crippen LogP contribution in [0, 0.1) is 12.0 Å². The molecule has 0 spiro atoms. The van der Waals surface area contributed by atoms with Gasteiger partial charge in [0.05, 0.1) is 18.6 Å². The van der Waals surface area contributed by atoms with Crippen LogP contribution in [-0.4, -0.2) is 41.8 Å². The Kier molecular flexibility index (Phi) is 8.44. The summed E-state index contributed by atoms with van der Waals surface area (Å²) < 4.78 is 52.1. The Bertz CT molecular complexity index is 1160. The monoisotopic (exact) mass is 519 g/mol. The maximum absolute atomic E-state index is 12.1. The summed E-state index contributed by atoms with van der Waals surface area (Å²) >= 11 is 0. The van der Waals surface area contributed by atoms with Gasteiger partial charge < -0.3 is 30.0 Å². The molecule has 0 amide bonds. The summed E-state index contributed by atoms with van der Waals surface area (Å²) in [4.78, 5) is 61.9. The number of H-pyrrole nitrogens is 1. The molecule has 1 saturated heterocycles. The quantitative estimate of drug-likeness (QED) is 0.138. The van der Waals surface area contributed by atoms with Gasteiger partial charge in [-0.25, -0.2) is 18.5 Å². The van der Waals surface area contributed by atoms with Gasteiger partial charge in [-0.15, -0.1) is 0 Å². The number of rotatable bonds is 9. The summed E-state index contributed by atoms with van der Waals surface area (Å²) in [5.41, 5.74) is 3.88. The van der Waals surface area contributed by atoms with Crippen molar-refractivity contribution in [3.63, 3.8) is 0 Å². The minimum absolute atomic E-state index is 0.155. The van der Waals surface area contributed by atoms with Gasteiger partial charge in [0.25, 0.3) is 5.56 Å². The summed E-state index contributed by atoms with van der Waals surface area (Å²) in [5, 5.41) is 0. The minimum Gasteiger partial charge on any atom is -0.359 e. The molecule has 32 heavy (non-hydrogen) atoms. The number of hydrogen-bond donors (Lipinski definition) is 6. The fourth-order valence-corrected chi connectivity index (χ4v) is 5.77. The number of nitrogens with two attached hydrogens (primary N) is 1. The molecule has 180 valence electrons. The summed E-state index contributed by atoms with van der Waals surface area (Å²) in [6, 6.07) is 2.17. The molecule has 0 saturated carbocycles. The third-order valence-corrected chi connectivity index (χ3v) is 7.80. The smallest absolute Gasteiger partial charge is 0.359 e. The molecule has 2 heterocycles. The number of nitrogens with one attached hydrogen (secondary N) is 1. The van der Waals surface area contributed by atoms with E-state index in [-0.39, 0.29) is 18.4 Å². The number of aromatic amines is 1. The van der Waals surface area contributed by atoms with Gasteiger partial charge in [-0.1, -0.05) is 5.92 Å². The Morgan fingerprint density at radius 1 is 1.22 bits per heavy atom. The van der Waals surface area contributed by atoms with Crippen LogP contribution in [0.2, 0.25) is 0 Å². The van der Waals surface area contributed by atoms with E-state index in [1.54, 1.807) is 6.92 Å². The third kappa shape index (κ3) is 7.77. The Balaban J connectivity index is 2.05. The molecule has 5 atom stereocenters. The van der Waals surface area contributed by atoms with Crippen LogP contribution in [0.3, 0.4) is 0 Å². The minimum atomic E-state index is -5.63. The topological polar surface area (TPSA) is 250 Å². The van der Waals surface area contributed by atoms with E-state index in [1.165, 1.54) is 6.20 Å². The molecule has 0 radical (unpaired) electrons. The number of nitrogens with zero attached hydrogens (tertiary/aromatic N) is 1. The highest BCUT2D eigenvalue weighted by atomic mass is 31.3. The summed E-state index contributed by atoms with van der Waals surface area (Å²) in [7, 11) is -16.4. The first-order chi connectivity index (χ1) is 14.6. The molecule has 2 rings (SSSR count). The van der Waals surface area contributed by atoms with Gasteiger partial charge in [-0.2, -0.15) is 8.62 Å². The van der Waals surface area contributed by atoms with Gasteiger partial charge in [0.1, 0.15) is 6.23 Å². The predicted octanol–water partition coefficient (Wildman–Crippen LogP) is -0.419. The van der Waals surface area contributed by atoms with Crippen LogP contribution >= 0.6 is 23.5 Å². The highest BCUT2D eigenvalue weighted by molar-refractivity contribution is 7.66. The molecule has 1 aromatic heterocycles. The van der Waals surface area contributed by atoms with Crippen LogP contribution < -0.4 is 17.0 Å². The van der Waals surface area contributed by atoms with Crippen molar-refractivity contribution in [3.05, 3.63) is 32.6 Å². The van der Waals surface area contributed by atoms with Crippen molar-refractivity contribution in [2.45, 2.75) is 38.0 Å². The van der Waals surface area contributed by atoms with Crippen molar-refractivity contribution in [2.24, 2.45) is 5.73 Å². The Morgan fingerprint density at radius 2 is 1.88 bits per heavy atom. The lowest BCUT2D eigenvalue weighted by atomic mass is 10.1. The van der Waals surface area contributed by atoms with Gasteiger partial charge in [0.2, 0.25) is 0 Å². The van der Waals surface area contributed by atoms with Gasteiger partial charge >= 0.3 is 29.2 Å². The maximum Gasteiger partial charge on any atom is 0.490 e. The van der Waals surface area contributed by atoms with Crippen molar-refractivity contribution in [3.8, 4) is 12.0 Å². The average molecular weight is 519 g/mol. The first-order valence-electron chi connectivity index (χ1n) is 8.63. The Morgan fingerprint density at radius 3 is 2.47 bits per heavy atom. The normalized spacial score (nSPS) is 23.5. The second-order valence-electron chi connectivity index (χ2n) is 6.44. The molecule has 7 N–H and O–H groups in total. The molecule has 1 aromatic rings. The maximum atomic E-state index is 12.1. The second kappa shape index (κ2) is 10.1. The van der Waals surface area contributed by atoms with Crippen molar-refractivity contribution in [1.82, 2.24) is 9.55 Å². The summed E-state index contributed by atoms with van der Waals surface area (Å²) in [6.45, 7) is 0.945. The lowest BCUT2D eigenvalue weighted by molar-refractivity contribution is -0.0244. The first-order valence-corrected chi connectivity index (χ1v) is 13.1. The standard InChI is InChI=1S/C13H20N3O13P3/c1-8(4-5-14)10-6-16(13(18)15-12(10)17)11-3-2-9(27-11)7-26-31(22,23)29-32(24,25)28-30(19,20)21/h6,8-9,11H,2-3,7,14H2,1H3,(H,22,23)(H,24,25)(H,15,17,18)(H2,19,20,21)/t8?,9-,11+/m0/s1. The molecule has 3 unspecified atom stereocenters. The first kappa shape index (κ1) is 26.7. The summed E-state index contributed by atoms with van der Waals surface area (Å²) in [6.07, 6.45) is -0.0725. The molecule has 0 aliphatic carbocycles. The van der Waals surface area contributed by atoms with Gasteiger partial charge in [0.15, 0.2) is 0 Å². The highest BCUT2D eigenvalue weighted by Crippen LogP contribution is 2.66. The SMILES string of the molecule is CC(C#CN)c1cn([C@H]2CC[C@@H](COP(=O)(O)OP(=O)(O)OP(=O)(O)O)O2)c(=O)[nH]c1=O. The molecular formula is C13H20N3O13P3. The Labute approximate surface area is 179 Å². The molecule has 19 heteroatoms. The van der Waals surface area contributed by atoms with Crippen LogP contribution in [0.25, 0.3) is 0 Å². The Hall–Kier alpha value is -1.59. The van der Waals surface area contributed by atoms with Crippen molar-refractivity contribution >= 4 is 23.5 Å². The molecule has 0 bridgehead atoms. The second-order valence-corrected chi connectivity index (χ2v) is 10.9. The van der Waals surface area contributed by atoms with Crippen LogP contribution in [-0.2, 0) is 31.6 Å². The highest BCUT2D eigenvalue weighted by Gasteiger charge is 2.41. The number of aromatic nitrogens is 2. The molecule has 1 fully saturated rings. The largest absolute Gasteiger partial charge is 0.490 e. The van der Waals surface area contributed by atoms with E-state index in [4.69, 9.17) is 25.2 Å². The van der Waals surface area contributed by atoms with Gasteiger partial charge in [0, 0.05) is 17.8 Å². The molecular weight excluding hydrogens is 499 g/mol. The lowest BCUT2D eigenvalue weighted by Gasteiger charge is -2.19. The van der Waals surface area contributed by atoms with Gasteiger partial charge in [-0.3, -0.25) is 18.9 Å². The molecule has 1 aliphatic heterocycles. The number of phosphoric ester groups is 1. The van der Waals surface area contributed by atoms with Crippen molar-refractivity contribution in [2.75, 3.05) is 6.61 Å². The average Bonchev–Trinajstić information content (AvgIpc) is 3.06. The zero-order valence-corrected chi connectivity index (χ0v) is 18.9. The van der Waals surface area contributed by atoms with Gasteiger partial charge in [-0.05, 0) is 19.8 Å². The number of phosphoric acid groups is 3. The van der Waals surface area contributed by atoms with E-state index in [9.17, 15) is 28.2 Å². The van der Waals surface area contributed by atoms with Crippen LogP contribution in [0.1, 0.15) is 37.5 Å². The van der Waals surface area contributed by atoms with Crippen molar-refractivity contribution in [1.29, 1.82) is 0 Å². The van der Waals surface area contributed by atoms with E-state index < -0.39 is 59.6 Å². The fourth-order valence-electron chi connectivity index (χ4n) is 2.72. The van der Waals surface area contributed by atoms with E-state index in [0.29, 0.717) is 0 Å². The summed E-state index contributed by atoms with van der Waals surface area (Å²) in [5.74, 6) is 1.99.